The minimum Gasteiger partial charge on any atom is -0.489 e. The topological polar surface area (TPSA) is 44.1 Å². The Kier molecular flexibility index (Phi) is 3.72. The van der Waals surface area contributed by atoms with E-state index >= 15 is 0 Å². The second kappa shape index (κ2) is 5.44. The zero-order valence-corrected chi connectivity index (χ0v) is 9.97. The highest BCUT2D eigenvalue weighted by Crippen LogP contribution is 2.21. The molecule has 0 bridgehead atoms. The summed E-state index contributed by atoms with van der Waals surface area (Å²) in [5, 5.41) is 4.02. The molecule has 1 aromatic carbocycles. The van der Waals surface area contributed by atoms with E-state index in [1.807, 2.05) is 13.1 Å². The Morgan fingerprint density at radius 3 is 2.94 bits per heavy atom. The van der Waals surface area contributed by atoms with Crippen LogP contribution in [0, 0.1) is 5.82 Å². The number of carbonyl (C=O) groups excluding carboxylic acids is 1. The van der Waals surface area contributed by atoms with Crippen molar-refractivity contribution in [3.05, 3.63) is 47.5 Å². The third kappa shape index (κ3) is 2.56. The number of carbonyl (C=O) groups is 1. The zero-order valence-electron chi connectivity index (χ0n) is 9.97. The van der Waals surface area contributed by atoms with Gasteiger partial charge in [-0.2, -0.15) is 5.10 Å². The van der Waals surface area contributed by atoms with Crippen molar-refractivity contribution in [2.24, 2.45) is 7.05 Å². The van der Waals surface area contributed by atoms with E-state index in [1.165, 1.54) is 18.2 Å². The molecule has 0 saturated heterocycles. The molecule has 2 rings (SSSR count). The van der Waals surface area contributed by atoms with Crippen LogP contribution in [0.25, 0.3) is 0 Å². The molecule has 0 spiro atoms. The molecule has 0 amide bonds. The Hall–Kier alpha value is -2.17. The van der Waals surface area contributed by atoms with Gasteiger partial charge in [0, 0.05) is 25.4 Å². The molecule has 0 aliphatic heterocycles. The summed E-state index contributed by atoms with van der Waals surface area (Å²) in [4.78, 5) is 10.8. The van der Waals surface area contributed by atoms with Crippen LogP contribution in [0.4, 0.5) is 4.39 Å². The van der Waals surface area contributed by atoms with Crippen LogP contribution in [-0.2, 0) is 13.5 Å². The Bertz CT molecular complexity index is 552. The van der Waals surface area contributed by atoms with E-state index in [1.54, 1.807) is 10.9 Å². The van der Waals surface area contributed by atoms with Crippen molar-refractivity contribution in [1.82, 2.24) is 9.78 Å². The first-order chi connectivity index (χ1) is 8.72. The van der Waals surface area contributed by atoms with Crippen LogP contribution in [0.2, 0.25) is 0 Å². The van der Waals surface area contributed by atoms with Crippen molar-refractivity contribution >= 4 is 6.29 Å². The molecule has 1 aromatic heterocycles. The molecule has 1 heterocycles. The monoisotopic (exact) mass is 248 g/mol. The SMILES string of the molecule is Cn1nccc1CCOc1c(F)cccc1C=O. The normalized spacial score (nSPS) is 10.3. The smallest absolute Gasteiger partial charge is 0.165 e. The van der Waals surface area contributed by atoms with Gasteiger partial charge in [0.05, 0.1) is 12.2 Å². The number of nitrogens with zero attached hydrogens (tertiary/aromatic N) is 2. The molecule has 4 nitrogen and oxygen atoms in total. The standard InChI is InChI=1S/C13H13FN2O2/c1-16-11(5-7-15-16)6-8-18-13-10(9-17)3-2-4-12(13)14/h2-5,7,9H,6,8H2,1H3. The Labute approximate surface area is 104 Å². The number of halogens is 1. The first kappa shape index (κ1) is 12.3. The molecule has 0 aliphatic rings. The lowest BCUT2D eigenvalue weighted by Crippen LogP contribution is -2.08. The van der Waals surface area contributed by atoms with Gasteiger partial charge in [0.1, 0.15) is 0 Å². The van der Waals surface area contributed by atoms with Gasteiger partial charge in [-0.25, -0.2) is 4.39 Å². The van der Waals surface area contributed by atoms with Crippen LogP contribution in [-0.4, -0.2) is 22.7 Å². The molecular weight excluding hydrogens is 235 g/mol. The second-order valence-corrected chi connectivity index (χ2v) is 3.82. The predicted molar refractivity (Wildman–Crippen MR) is 64.2 cm³/mol. The van der Waals surface area contributed by atoms with Crippen LogP contribution in [0.5, 0.6) is 5.75 Å². The van der Waals surface area contributed by atoms with Gasteiger partial charge in [0.15, 0.2) is 17.9 Å². The summed E-state index contributed by atoms with van der Waals surface area (Å²) >= 11 is 0. The van der Waals surface area contributed by atoms with Gasteiger partial charge in [-0.15, -0.1) is 0 Å². The number of aryl methyl sites for hydroxylation is 1. The predicted octanol–water partition coefficient (Wildman–Crippen LogP) is 1.99. The fourth-order valence-electron chi connectivity index (χ4n) is 1.67. The van der Waals surface area contributed by atoms with Crippen molar-refractivity contribution in [2.45, 2.75) is 6.42 Å². The van der Waals surface area contributed by atoms with E-state index < -0.39 is 5.82 Å². The number of ether oxygens (including phenoxy) is 1. The third-order valence-corrected chi connectivity index (χ3v) is 2.65. The molecule has 0 radical (unpaired) electrons. The number of para-hydroxylation sites is 1. The van der Waals surface area contributed by atoms with Crippen LogP contribution in [0.15, 0.2) is 30.5 Å². The van der Waals surface area contributed by atoms with Gasteiger partial charge in [0.25, 0.3) is 0 Å². The molecule has 2 aromatic rings. The number of hydrogen-bond donors (Lipinski definition) is 0. The molecular formula is C13H13FN2O2. The van der Waals surface area contributed by atoms with E-state index in [0.29, 0.717) is 19.3 Å². The molecule has 0 unspecified atom stereocenters. The molecule has 0 N–H and O–H groups in total. The average molecular weight is 248 g/mol. The minimum atomic E-state index is -0.524. The summed E-state index contributed by atoms with van der Waals surface area (Å²) in [6, 6.07) is 6.14. The lowest BCUT2D eigenvalue weighted by atomic mass is 10.2. The van der Waals surface area contributed by atoms with E-state index in [-0.39, 0.29) is 11.3 Å². The lowest BCUT2D eigenvalue weighted by molar-refractivity contribution is 0.111. The highest BCUT2D eigenvalue weighted by Gasteiger charge is 2.09. The summed E-state index contributed by atoms with van der Waals surface area (Å²) in [5.74, 6) is -0.515. The highest BCUT2D eigenvalue weighted by atomic mass is 19.1. The van der Waals surface area contributed by atoms with Crippen LogP contribution in [0.3, 0.4) is 0 Å². The van der Waals surface area contributed by atoms with E-state index in [4.69, 9.17) is 4.74 Å². The zero-order chi connectivity index (χ0) is 13.0. The maximum absolute atomic E-state index is 13.5. The molecule has 94 valence electrons. The quantitative estimate of drug-likeness (QED) is 0.760. The van der Waals surface area contributed by atoms with E-state index in [2.05, 4.69) is 5.10 Å². The number of hydrogen-bond acceptors (Lipinski definition) is 3. The Morgan fingerprint density at radius 2 is 2.28 bits per heavy atom. The maximum atomic E-state index is 13.5. The fourth-order valence-corrected chi connectivity index (χ4v) is 1.67. The Balaban J connectivity index is 2.02. The lowest BCUT2D eigenvalue weighted by Gasteiger charge is -2.09. The van der Waals surface area contributed by atoms with Crippen LogP contribution in [0.1, 0.15) is 16.1 Å². The molecule has 0 saturated carbocycles. The number of aldehydes is 1. The maximum Gasteiger partial charge on any atom is 0.165 e. The Morgan fingerprint density at radius 1 is 1.44 bits per heavy atom. The van der Waals surface area contributed by atoms with Gasteiger partial charge in [-0.3, -0.25) is 9.48 Å². The van der Waals surface area contributed by atoms with Gasteiger partial charge in [-0.05, 0) is 18.2 Å². The number of benzene rings is 1. The first-order valence-electron chi connectivity index (χ1n) is 5.55. The summed E-state index contributed by atoms with van der Waals surface area (Å²) in [6.07, 6.45) is 2.88. The molecule has 18 heavy (non-hydrogen) atoms. The van der Waals surface area contributed by atoms with Crippen molar-refractivity contribution in [3.8, 4) is 5.75 Å². The van der Waals surface area contributed by atoms with E-state index in [0.717, 1.165) is 5.69 Å². The van der Waals surface area contributed by atoms with Crippen LogP contribution < -0.4 is 4.74 Å². The van der Waals surface area contributed by atoms with Crippen molar-refractivity contribution in [3.63, 3.8) is 0 Å². The molecule has 0 aliphatic carbocycles. The summed E-state index contributed by atoms with van der Waals surface area (Å²) in [5.41, 5.74) is 1.21. The fraction of sp³-hybridized carbons (Fsp3) is 0.231. The summed E-state index contributed by atoms with van der Waals surface area (Å²) in [6.45, 7) is 0.293. The van der Waals surface area contributed by atoms with Crippen LogP contribution >= 0.6 is 0 Å². The highest BCUT2D eigenvalue weighted by molar-refractivity contribution is 5.79. The van der Waals surface area contributed by atoms with Gasteiger partial charge < -0.3 is 4.74 Å². The van der Waals surface area contributed by atoms with Gasteiger partial charge >= 0.3 is 0 Å². The van der Waals surface area contributed by atoms with Crippen molar-refractivity contribution in [2.75, 3.05) is 6.61 Å². The third-order valence-electron chi connectivity index (χ3n) is 2.65. The second-order valence-electron chi connectivity index (χ2n) is 3.82. The molecule has 0 fully saturated rings. The van der Waals surface area contributed by atoms with Gasteiger partial charge in [-0.1, -0.05) is 6.07 Å². The minimum absolute atomic E-state index is 0.00895. The first-order valence-corrected chi connectivity index (χ1v) is 5.55. The molecule has 0 atom stereocenters. The van der Waals surface area contributed by atoms with E-state index in [9.17, 15) is 9.18 Å². The van der Waals surface area contributed by atoms with Crippen molar-refractivity contribution in [1.29, 1.82) is 0 Å². The summed E-state index contributed by atoms with van der Waals surface area (Å²) in [7, 11) is 1.83. The summed E-state index contributed by atoms with van der Waals surface area (Å²) < 4.78 is 20.5. The number of rotatable bonds is 5. The molecule has 5 heteroatoms. The number of aromatic nitrogens is 2. The average Bonchev–Trinajstić information content (AvgIpc) is 2.77. The van der Waals surface area contributed by atoms with Gasteiger partial charge in [0.2, 0.25) is 0 Å². The van der Waals surface area contributed by atoms with Crippen molar-refractivity contribution < 1.29 is 13.9 Å². The largest absolute Gasteiger partial charge is 0.489 e.